The normalized spacial score (nSPS) is 15.0. The molecule has 0 saturated heterocycles. The smallest absolute Gasteiger partial charge is 0.252 e. The Balaban J connectivity index is 1.50. The Kier molecular flexibility index (Phi) is 5.61. The number of amides is 1. The molecule has 5 nitrogen and oxygen atoms in total. The number of pyridine rings is 1. The molecule has 2 aromatic heterocycles. The Bertz CT molecular complexity index is 1570. The Morgan fingerprint density at radius 3 is 2.50 bits per heavy atom. The number of carbonyl (C=O) groups is 1. The van der Waals surface area contributed by atoms with Crippen molar-refractivity contribution in [1.82, 2.24) is 20.1 Å². The Labute approximate surface area is 210 Å². The van der Waals surface area contributed by atoms with Gasteiger partial charge in [-0.2, -0.15) is 5.10 Å². The number of hydrogen-bond donors (Lipinski definition) is 1. The Morgan fingerprint density at radius 2 is 1.69 bits per heavy atom. The van der Waals surface area contributed by atoms with Gasteiger partial charge in [0.15, 0.2) is 5.65 Å². The van der Waals surface area contributed by atoms with Crippen molar-refractivity contribution in [3.05, 3.63) is 113 Å². The van der Waals surface area contributed by atoms with E-state index in [2.05, 4.69) is 48.6 Å². The van der Waals surface area contributed by atoms with Crippen molar-refractivity contribution >= 4 is 16.9 Å². The highest BCUT2D eigenvalue weighted by Gasteiger charge is 2.25. The van der Waals surface area contributed by atoms with Gasteiger partial charge < -0.3 is 5.32 Å². The van der Waals surface area contributed by atoms with E-state index < -0.39 is 0 Å². The molecule has 5 heteroatoms. The summed E-state index contributed by atoms with van der Waals surface area (Å²) in [7, 11) is 0. The maximum absolute atomic E-state index is 13.9. The van der Waals surface area contributed by atoms with E-state index in [1.165, 1.54) is 16.7 Å². The van der Waals surface area contributed by atoms with Crippen LogP contribution in [0.2, 0.25) is 0 Å². The second kappa shape index (κ2) is 9.08. The molecule has 1 aliphatic carbocycles. The summed E-state index contributed by atoms with van der Waals surface area (Å²) in [5.41, 5.74) is 8.44. The maximum Gasteiger partial charge on any atom is 0.252 e. The second-order valence-corrected chi connectivity index (χ2v) is 9.57. The van der Waals surface area contributed by atoms with Gasteiger partial charge in [0, 0.05) is 5.56 Å². The van der Waals surface area contributed by atoms with Crippen molar-refractivity contribution in [2.24, 2.45) is 0 Å². The van der Waals surface area contributed by atoms with Gasteiger partial charge in [-0.25, -0.2) is 9.67 Å². The standard InChI is InChI=1S/C31H28N4O/c1-20-15-17-24(18-16-20)35-30-29(21(2)34-35)26(19-28(32-30)23-10-4-3-5-11-23)31(36)33-27-14-8-12-22-9-6-7-13-25(22)27/h3-7,9-11,13,15-19,27H,8,12,14H2,1-2H3,(H,33,36). The first-order chi connectivity index (χ1) is 17.6. The Morgan fingerprint density at radius 1 is 0.944 bits per heavy atom. The molecule has 0 fully saturated rings. The largest absolute Gasteiger partial charge is 0.345 e. The van der Waals surface area contributed by atoms with Crippen molar-refractivity contribution in [3.8, 4) is 16.9 Å². The summed E-state index contributed by atoms with van der Waals surface area (Å²) in [6.45, 7) is 4.01. The average Bonchev–Trinajstić information content (AvgIpc) is 3.25. The van der Waals surface area contributed by atoms with Crippen LogP contribution in [-0.4, -0.2) is 20.7 Å². The van der Waals surface area contributed by atoms with Gasteiger partial charge in [0.1, 0.15) is 0 Å². The highest BCUT2D eigenvalue weighted by Crippen LogP contribution is 2.32. The van der Waals surface area contributed by atoms with Crippen LogP contribution in [0.5, 0.6) is 0 Å². The number of fused-ring (bicyclic) bond motifs is 2. The molecular formula is C31H28N4O. The molecule has 0 saturated carbocycles. The van der Waals surface area contributed by atoms with E-state index in [4.69, 9.17) is 10.1 Å². The van der Waals surface area contributed by atoms with Crippen LogP contribution in [0.3, 0.4) is 0 Å². The van der Waals surface area contributed by atoms with E-state index in [1.54, 1.807) is 0 Å². The number of nitrogens with one attached hydrogen (secondary N) is 1. The van der Waals surface area contributed by atoms with Gasteiger partial charge in [0.25, 0.3) is 5.91 Å². The fraction of sp³-hybridized carbons (Fsp3) is 0.194. The van der Waals surface area contributed by atoms with Crippen LogP contribution in [0.4, 0.5) is 0 Å². The summed E-state index contributed by atoms with van der Waals surface area (Å²) < 4.78 is 1.85. The molecule has 2 heterocycles. The molecule has 1 atom stereocenters. The number of rotatable bonds is 4. The summed E-state index contributed by atoms with van der Waals surface area (Å²) in [4.78, 5) is 18.9. The molecule has 0 aliphatic heterocycles. The molecule has 0 bridgehead atoms. The lowest BCUT2D eigenvalue weighted by Crippen LogP contribution is -2.31. The predicted molar refractivity (Wildman–Crippen MR) is 143 cm³/mol. The molecule has 0 spiro atoms. The molecular weight excluding hydrogens is 444 g/mol. The number of aryl methyl sites for hydroxylation is 3. The van der Waals surface area contributed by atoms with Crippen LogP contribution in [0, 0.1) is 13.8 Å². The van der Waals surface area contributed by atoms with Gasteiger partial charge in [0.2, 0.25) is 0 Å². The molecule has 1 aliphatic rings. The SMILES string of the molecule is Cc1ccc(-n2nc(C)c3c(C(=O)NC4CCCc5ccccc54)cc(-c4ccccc4)nc32)cc1. The fourth-order valence-corrected chi connectivity index (χ4v) is 5.23. The van der Waals surface area contributed by atoms with Crippen molar-refractivity contribution in [2.75, 3.05) is 0 Å². The highest BCUT2D eigenvalue weighted by atomic mass is 16.1. The maximum atomic E-state index is 13.9. The van der Waals surface area contributed by atoms with E-state index in [0.29, 0.717) is 11.2 Å². The zero-order valence-corrected chi connectivity index (χ0v) is 20.5. The van der Waals surface area contributed by atoms with Gasteiger partial charge in [0.05, 0.1) is 34.1 Å². The zero-order valence-electron chi connectivity index (χ0n) is 20.5. The molecule has 1 N–H and O–H groups in total. The van der Waals surface area contributed by atoms with Crippen molar-refractivity contribution < 1.29 is 4.79 Å². The predicted octanol–water partition coefficient (Wildman–Crippen LogP) is 6.51. The quantitative estimate of drug-likeness (QED) is 0.324. The second-order valence-electron chi connectivity index (χ2n) is 9.57. The summed E-state index contributed by atoms with van der Waals surface area (Å²) in [5, 5.41) is 8.96. The van der Waals surface area contributed by atoms with Crippen molar-refractivity contribution in [2.45, 2.75) is 39.2 Å². The van der Waals surface area contributed by atoms with Crippen LogP contribution >= 0.6 is 0 Å². The highest BCUT2D eigenvalue weighted by molar-refractivity contribution is 6.08. The lowest BCUT2D eigenvalue weighted by molar-refractivity contribution is 0.0934. The lowest BCUT2D eigenvalue weighted by Gasteiger charge is -2.26. The van der Waals surface area contributed by atoms with E-state index in [9.17, 15) is 4.79 Å². The number of nitrogens with zero attached hydrogens (tertiary/aromatic N) is 3. The van der Waals surface area contributed by atoms with Gasteiger partial charge >= 0.3 is 0 Å². The summed E-state index contributed by atoms with van der Waals surface area (Å²) in [5.74, 6) is -0.0900. The average molecular weight is 473 g/mol. The monoisotopic (exact) mass is 472 g/mol. The first-order valence-corrected chi connectivity index (χ1v) is 12.5. The van der Waals surface area contributed by atoms with Crippen LogP contribution in [-0.2, 0) is 6.42 Å². The van der Waals surface area contributed by atoms with E-state index in [-0.39, 0.29) is 11.9 Å². The third-order valence-corrected chi connectivity index (χ3v) is 7.08. The van der Waals surface area contributed by atoms with Gasteiger partial charge in [-0.05, 0) is 62.4 Å². The third kappa shape index (κ3) is 3.97. The lowest BCUT2D eigenvalue weighted by atomic mass is 9.87. The van der Waals surface area contributed by atoms with Gasteiger partial charge in [-0.3, -0.25) is 4.79 Å². The molecule has 3 aromatic carbocycles. The zero-order chi connectivity index (χ0) is 24.6. The first kappa shape index (κ1) is 22.2. The number of carbonyl (C=O) groups excluding carboxylic acids is 1. The minimum Gasteiger partial charge on any atom is -0.345 e. The molecule has 6 rings (SSSR count). The molecule has 178 valence electrons. The van der Waals surface area contributed by atoms with Crippen LogP contribution in [0.1, 0.15) is 51.6 Å². The first-order valence-electron chi connectivity index (χ1n) is 12.5. The van der Waals surface area contributed by atoms with Crippen LogP contribution in [0.25, 0.3) is 28.0 Å². The molecule has 1 amide bonds. The summed E-state index contributed by atoms with van der Waals surface area (Å²) >= 11 is 0. The molecule has 1 unspecified atom stereocenters. The van der Waals surface area contributed by atoms with Crippen LogP contribution in [0.15, 0.2) is 84.9 Å². The van der Waals surface area contributed by atoms with Crippen molar-refractivity contribution in [3.63, 3.8) is 0 Å². The van der Waals surface area contributed by atoms with E-state index >= 15 is 0 Å². The van der Waals surface area contributed by atoms with Gasteiger partial charge in [-0.1, -0.05) is 72.3 Å². The van der Waals surface area contributed by atoms with Crippen LogP contribution < -0.4 is 5.32 Å². The molecule has 0 radical (unpaired) electrons. The summed E-state index contributed by atoms with van der Waals surface area (Å²) in [6, 6.07) is 28.5. The third-order valence-electron chi connectivity index (χ3n) is 7.08. The molecule has 36 heavy (non-hydrogen) atoms. The fourth-order valence-electron chi connectivity index (χ4n) is 5.23. The molecule has 5 aromatic rings. The number of benzene rings is 3. The number of aromatic nitrogens is 3. The van der Waals surface area contributed by atoms with E-state index in [0.717, 1.165) is 47.3 Å². The number of hydrogen-bond acceptors (Lipinski definition) is 3. The minimum atomic E-state index is -0.0900. The van der Waals surface area contributed by atoms with E-state index in [1.807, 2.05) is 60.1 Å². The Hall–Kier alpha value is -4.25. The minimum absolute atomic E-state index is 0.00158. The van der Waals surface area contributed by atoms with Gasteiger partial charge in [-0.15, -0.1) is 0 Å². The summed E-state index contributed by atoms with van der Waals surface area (Å²) in [6.07, 6.45) is 3.06. The topological polar surface area (TPSA) is 59.8 Å². The van der Waals surface area contributed by atoms with Crippen molar-refractivity contribution in [1.29, 1.82) is 0 Å².